The molecule has 6 nitrogen and oxygen atoms in total. The predicted molar refractivity (Wildman–Crippen MR) is 132 cm³/mol. The Labute approximate surface area is 196 Å². The van der Waals surface area contributed by atoms with E-state index in [9.17, 15) is 9.59 Å². The molecule has 0 saturated carbocycles. The summed E-state index contributed by atoms with van der Waals surface area (Å²) in [6.07, 6.45) is 14.2. The molecule has 4 rings (SSSR count). The quantitative estimate of drug-likeness (QED) is 0.442. The molecule has 1 saturated heterocycles. The minimum atomic E-state index is -0.648. The summed E-state index contributed by atoms with van der Waals surface area (Å²) in [6.45, 7) is 6.38. The van der Waals surface area contributed by atoms with E-state index in [2.05, 4.69) is 35.9 Å². The van der Waals surface area contributed by atoms with Crippen LogP contribution in [0, 0.1) is 0 Å². The van der Waals surface area contributed by atoms with Gasteiger partial charge in [0.2, 0.25) is 5.69 Å². The fourth-order valence-corrected chi connectivity index (χ4v) is 5.74. The molecule has 0 amide bonds. The molecule has 1 aromatic heterocycles. The summed E-state index contributed by atoms with van der Waals surface area (Å²) in [7, 11) is 0. The second-order valence-electron chi connectivity index (χ2n) is 9.59. The first-order valence-corrected chi connectivity index (χ1v) is 12.6. The van der Waals surface area contributed by atoms with Gasteiger partial charge < -0.3 is 9.30 Å². The minimum Gasteiger partial charge on any atom is -0.461 e. The zero-order chi connectivity index (χ0) is 23.4. The summed E-state index contributed by atoms with van der Waals surface area (Å²) >= 11 is 0. The van der Waals surface area contributed by atoms with Crippen LogP contribution in [-0.4, -0.2) is 45.2 Å². The number of carbonyl (C=O) groups excluding carboxylic acids is 1. The molecule has 1 aliphatic heterocycles. The highest BCUT2D eigenvalue weighted by atomic mass is 16.5. The zero-order valence-electron chi connectivity index (χ0n) is 20.2. The standard InChI is InChI=1S/C27H37N3O3/c1-4-33-27(32)25-26(31)30(24-15-11-10-14-23(24)28-25)20(3)18-22-17-16-19(2)29(22)21-12-8-6-5-7-9-13-21/h8,10-12,14-15,19-22H,4-7,9,13,16-18H2,1-3H3/b12-8-/t19?,20-,21?,22-/m0/s1. The van der Waals surface area contributed by atoms with E-state index in [0.29, 0.717) is 23.6 Å². The number of carbonyl (C=O) groups is 1. The van der Waals surface area contributed by atoms with E-state index in [1.807, 2.05) is 24.3 Å². The van der Waals surface area contributed by atoms with Gasteiger partial charge in [0.05, 0.1) is 17.6 Å². The normalized spacial score (nSPS) is 26.0. The van der Waals surface area contributed by atoms with Crippen molar-refractivity contribution in [1.82, 2.24) is 14.5 Å². The van der Waals surface area contributed by atoms with Gasteiger partial charge in [0.15, 0.2) is 0 Å². The van der Waals surface area contributed by atoms with Crippen molar-refractivity contribution in [2.45, 2.75) is 96.3 Å². The lowest BCUT2D eigenvalue weighted by Gasteiger charge is -2.37. The van der Waals surface area contributed by atoms with E-state index in [-0.39, 0.29) is 23.9 Å². The summed E-state index contributed by atoms with van der Waals surface area (Å²) in [4.78, 5) is 33.0. The topological polar surface area (TPSA) is 64.4 Å². The van der Waals surface area contributed by atoms with Gasteiger partial charge in [-0.15, -0.1) is 0 Å². The van der Waals surface area contributed by atoms with Crippen LogP contribution in [0.15, 0.2) is 41.2 Å². The van der Waals surface area contributed by atoms with Gasteiger partial charge in [-0.05, 0) is 71.4 Å². The van der Waals surface area contributed by atoms with Crippen molar-refractivity contribution >= 4 is 17.0 Å². The van der Waals surface area contributed by atoms with Crippen molar-refractivity contribution in [3.05, 3.63) is 52.5 Å². The van der Waals surface area contributed by atoms with E-state index in [4.69, 9.17) is 4.74 Å². The van der Waals surface area contributed by atoms with Crippen molar-refractivity contribution in [3.8, 4) is 0 Å². The van der Waals surface area contributed by atoms with Crippen LogP contribution in [0.25, 0.3) is 11.0 Å². The van der Waals surface area contributed by atoms with E-state index in [0.717, 1.165) is 18.4 Å². The smallest absolute Gasteiger partial charge is 0.362 e. The second kappa shape index (κ2) is 10.6. The highest BCUT2D eigenvalue weighted by Crippen LogP contribution is 2.34. The summed E-state index contributed by atoms with van der Waals surface area (Å²) in [5, 5.41) is 0. The van der Waals surface area contributed by atoms with Crippen LogP contribution in [0.5, 0.6) is 0 Å². The number of fused-ring (bicyclic) bond motifs is 1. The Morgan fingerprint density at radius 1 is 1.18 bits per heavy atom. The van der Waals surface area contributed by atoms with Gasteiger partial charge in [0, 0.05) is 24.2 Å². The number of rotatable bonds is 6. The number of hydrogen-bond donors (Lipinski definition) is 0. The number of nitrogens with zero attached hydrogens (tertiary/aromatic N) is 3. The molecule has 0 spiro atoms. The van der Waals surface area contributed by atoms with Crippen LogP contribution in [0.3, 0.4) is 0 Å². The van der Waals surface area contributed by atoms with Gasteiger partial charge >= 0.3 is 5.97 Å². The third-order valence-corrected chi connectivity index (χ3v) is 7.28. The molecule has 1 aliphatic carbocycles. The summed E-state index contributed by atoms with van der Waals surface area (Å²) in [5.74, 6) is -0.648. The molecule has 1 aromatic carbocycles. The molecule has 0 bridgehead atoms. The molecule has 2 aliphatic rings. The number of likely N-dealkylation sites (tertiary alicyclic amines) is 1. The maximum absolute atomic E-state index is 13.4. The monoisotopic (exact) mass is 451 g/mol. The number of benzene rings is 1. The molecule has 178 valence electrons. The van der Waals surface area contributed by atoms with Crippen LogP contribution in [0.1, 0.15) is 88.7 Å². The third-order valence-electron chi connectivity index (χ3n) is 7.28. The van der Waals surface area contributed by atoms with Gasteiger partial charge in [-0.25, -0.2) is 9.78 Å². The van der Waals surface area contributed by atoms with Gasteiger partial charge in [0.25, 0.3) is 5.56 Å². The largest absolute Gasteiger partial charge is 0.461 e. The van der Waals surface area contributed by atoms with Gasteiger partial charge in [0.1, 0.15) is 0 Å². The number of para-hydroxylation sites is 2. The molecule has 2 aromatic rings. The fraction of sp³-hybridized carbons (Fsp3) is 0.593. The predicted octanol–water partition coefficient (Wildman–Crippen LogP) is 5.27. The molecule has 6 heteroatoms. The number of allylic oxidation sites excluding steroid dienone is 1. The first-order chi connectivity index (χ1) is 16.0. The molecule has 2 heterocycles. The molecule has 1 fully saturated rings. The highest BCUT2D eigenvalue weighted by Gasteiger charge is 2.36. The van der Waals surface area contributed by atoms with Crippen molar-refractivity contribution in [2.24, 2.45) is 0 Å². The van der Waals surface area contributed by atoms with Crippen molar-refractivity contribution in [3.63, 3.8) is 0 Å². The van der Waals surface area contributed by atoms with Crippen LogP contribution >= 0.6 is 0 Å². The maximum atomic E-state index is 13.4. The second-order valence-corrected chi connectivity index (χ2v) is 9.59. The lowest BCUT2D eigenvalue weighted by atomic mass is 9.98. The van der Waals surface area contributed by atoms with Gasteiger partial charge in [-0.2, -0.15) is 0 Å². The first kappa shape index (κ1) is 23.7. The molecule has 2 unspecified atom stereocenters. The Balaban J connectivity index is 1.66. The Bertz CT molecular complexity index is 1060. The third kappa shape index (κ3) is 5.06. The molecule has 0 N–H and O–H groups in total. The molecule has 4 atom stereocenters. The van der Waals surface area contributed by atoms with E-state index in [1.165, 1.54) is 38.5 Å². The number of hydrogen-bond acceptors (Lipinski definition) is 5. The van der Waals surface area contributed by atoms with Crippen molar-refractivity contribution in [2.75, 3.05) is 6.61 Å². The van der Waals surface area contributed by atoms with E-state index in [1.54, 1.807) is 11.5 Å². The van der Waals surface area contributed by atoms with Gasteiger partial charge in [-0.3, -0.25) is 9.69 Å². The van der Waals surface area contributed by atoms with Gasteiger partial charge in [-0.1, -0.05) is 37.1 Å². The summed E-state index contributed by atoms with van der Waals surface area (Å²) in [6, 6.07) is 8.93. The number of aromatic nitrogens is 2. The van der Waals surface area contributed by atoms with Crippen LogP contribution in [-0.2, 0) is 4.74 Å². The maximum Gasteiger partial charge on any atom is 0.362 e. The molecule has 33 heavy (non-hydrogen) atoms. The average molecular weight is 452 g/mol. The van der Waals surface area contributed by atoms with Crippen molar-refractivity contribution < 1.29 is 9.53 Å². The molecule has 0 radical (unpaired) electrons. The first-order valence-electron chi connectivity index (χ1n) is 12.6. The Kier molecular flexibility index (Phi) is 7.63. The Hall–Kier alpha value is -2.47. The van der Waals surface area contributed by atoms with E-state index >= 15 is 0 Å². The minimum absolute atomic E-state index is 0.0612. The lowest BCUT2D eigenvalue weighted by molar-refractivity contribution is 0.0516. The summed E-state index contributed by atoms with van der Waals surface area (Å²) in [5.41, 5.74) is 0.934. The molecular weight excluding hydrogens is 414 g/mol. The van der Waals surface area contributed by atoms with Crippen LogP contribution < -0.4 is 5.56 Å². The average Bonchev–Trinajstić information content (AvgIpc) is 3.13. The molecular formula is C27H37N3O3. The summed E-state index contributed by atoms with van der Waals surface area (Å²) < 4.78 is 6.90. The Morgan fingerprint density at radius 2 is 2.00 bits per heavy atom. The lowest BCUT2D eigenvalue weighted by Crippen LogP contribution is -2.43. The van der Waals surface area contributed by atoms with Crippen molar-refractivity contribution in [1.29, 1.82) is 0 Å². The fourth-order valence-electron chi connectivity index (χ4n) is 5.74. The SMILES string of the molecule is CCOC(=O)c1nc2ccccc2n([C@@H](C)C[C@@H]2CCC(C)N2C2/C=C\CCCCC2)c1=O. The van der Waals surface area contributed by atoms with Crippen LogP contribution in [0.4, 0.5) is 0 Å². The highest BCUT2D eigenvalue weighted by molar-refractivity contribution is 5.89. The number of ether oxygens (including phenoxy) is 1. The Morgan fingerprint density at radius 3 is 2.82 bits per heavy atom. The zero-order valence-corrected chi connectivity index (χ0v) is 20.2. The number of esters is 1. The van der Waals surface area contributed by atoms with Crippen LogP contribution in [0.2, 0.25) is 0 Å². The van der Waals surface area contributed by atoms with E-state index < -0.39 is 5.97 Å².